The monoisotopic (exact) mass is 201 g/mol. The molecule has 5 heteroatoms. The summed E-state index contributed by atoms with van der Waals surface area (Å²) in [6.07, 6.45) is 7.00. The molecule has 0 aromatic carbocycles. The number of nitrogens with zero attached hydrogens (tertiary/aromatic N) is 4. The van der Waals surface area contributed by atoms with Crippen LogP contribution in [0.2, 0.25) is 0 Å². The number of hydrogen-bond acceptors (Lipinski definition) is 4. The number of fused-ring (bicyclic) bond motifs is 1. The highest BCUT2D eigenvalue weighted by atomic mass is 15.1. The van der Waals surface area contributed by atoms with Crippen molar-refractivity contribution in [2.24, 2.45) is 5.92 Å². The van der Waals surface area contributed by atoms with E-state index < -0.39 is 0 Å². The van der Waals surface area contributed by atoms with Crippen LogP contribution in [0.1, 0.15) is 6.92 Å². The molecule has 2 aromatic heterocycles. The fourth-order valence-electron chi connectivity index (χ4n) is 1.28. The molecule has 0 bridgehead atoms. The molecule has 1 atom stereocenters. The molecule has 0 aliphatic heterocycles. The van der Waals surface area contributed by atoms with Crippen molar-refractivity contribution in [3.8, 4) is 6.07 Å². The van der Waals surface area contributed by atoms with Gasteiger partial charge in [-0.05, 0) is 6.92 Å². The van der Waals surface area contributed by atoms with Gasteiger partial charge in [0.05, 0.1) is 24.5 Å². The molecule has 1 N–H and O–H groups in total. The zero-order chi connectivity index (χ0) is 10.7. The van der Waals surface area contributed by atoms with E-state index in [1.807, 2.05) is 17.5 Å². The summed E-state index contributed by atoms with van der Waals surface area (Å²) in [5.74, 6) is 0.729. The van der Waals surface area contributed by atoms with E-state index in [2.05, 4.69) is 21.4 Å². The van der Waals surface area contributed by atoms with Crippen LogP contribution in [0, 0.1) is 17.2 Å². The number of anilines is 1. The minimum Gasteiger partial charge on any atom is -0.367 e. The minimum atomic E-state index is -0.0324. The van der Waals surface area contributed by atoms with Crippen LogP contribution in [0.25, 0.3) is 5.52 Å². The van der Waals surface area contributed by atoms with Crippen LogP contribution < -0.4 is 5.32 Å². The normalized spacial score (nSPS) is 12.3. The van der Waals surface area contributed by atoms with E-state index in [-0.39, 0.29) is 5.92 Å². The maximum absolute atomic E-state index is 8.66. The molecule has 2 heterocycles. The van der Waals surface area contributed by atoms with Gasteiger partial charge in [0.1, 0.15) is 5.52 Å². The third kappa shape index (κ3) is 1.89. The summed E-state index contributed by atoms with van der Waals surface area (Å²) in [6.45, 7) is 2.46. The molecule has 15 heavy (non-hydrogen) atoms. The molecule has 0 radical (unpaired) electrons. The van der Waals surface area contributed by atoms with Crippen LogP contribution in [0.4, 0.5) is 5.82 Å². The zero-order valence-corrected chi connectivity index (χ0v) is 8.38. The van der Waals surface area contributed by atoms with Crippen LogP contribution in [0.3, 0.4) is 0 Å². The highest BCUT2D eigenvalue weighted by Gasteiger charge is 2.04. The molecule has 1 unspecified atom stereocenters. The molecule has 0 aliphatic rings. The number of nitrogens with one attached hydrogen (secondary N) is 1. The molecule has 0 amide bonds. The first-order chi connectivity index (χ1) is 7.31. The van der Waals surface area contributed by atoms with Crippen molar-refractivity contribution >= 4 is 11.3 Å². The third-order valence-corrected chi connectivity index (χ3v) is 2.14. The van der Waals surface area contributed by atoms with E-state index in [0.29, 0.717) is 6.54 Å². The number of nitriles is 1. The quantitative estimate of drug-likeness (QED) is 0.812. The van der Waals surface area contributed by atoms with Crippen molar-refractivity contribution < 1.29 is 0 Å². The van der Waals surface area contributed by atoms with E-state index in [0.717, 1.165) is 11.3 Å². The first-order valence-electron chi connectivity index (χ1n) is 4.71. The van der Waals surface area contributed by atoms with Crippen LogP contribution in [0.5, 0.6) is 0 Å². The second kappa shape index (κ2) is 3.96. The third-order valence-electron chi connectivity index (χ3n) is 2.14. The Balaban J connectivity index is 2.21. The van der Waals surface area contributed by atoms with Crippen LogP contribution in [0.15, 0.2) is 24.9 Å². The lowest BCUT2D eigenvalue weighted by Gasteiger charge is -2.07. The topological polar surface area (TPSA) is 66.0 Å². The lowest BCUT2D eigenvalue weighted by molar-refractivity contribution is 0.783. The second-order valence-electron chi connectivity index (χ2n) is 3.37. The van der Waals surface area contributed by atoms with Gasteiger partial charge in [0.25, 0.3) is 0 Å². The van der Waals surface area contributed by atoms with Gasteiger partial charge in [-0.25, -0.2) is 9.97 Å². The fraction of sp³-hybridized carbons (Fsp3) is 0.300. The lowest BCUT2D eigenvalue weighted by atomic mass is 10.2. The maximum atomic E-state index is 8.66. The van der Waals surface area contributed by atoms with E-state index in [1.54, 1.807) is 18.7 Å². The summed E-state index contributed by atoms with van der Waals surface area (Å²) in [5.41, 5.74) is 0.919. The Morgan fingerprint density at radius 2 is 2.53 bits per heavy atom. The van der Waals surface area contributed by atoms with Crippen molar-refractivity contribution in [2.75, 3.05) is 11.9 Å². The van der Waals surface area contributed by atoms with Gasteiger partial charge in [0, 0.05) is 18.9 Å². The highest BCUT2D eigenvalue weighted by Crippen LogP contribution is 2.12. The summed E-state index contributed by atoms with van der Waals surface area (Å²) < 4.78 is 1.88. The Labute approximate surface area is 87.4 Å². The first kappa shape index (κ1) is 9.46. The zero-order valence-electron chi connectivity index (χ0n) is 8.38. The Morgan fingerprint density at radius 1 is 1.67 bits per heavy atom. The molecule has 2 rings (SSSR count). The van der Waals surface area contributed by atoms with E-state index in [1.165, 1.54) is 0 Å². The van der Waals surface area contributed by atoms with Crippen LogP contribution in [-0.4, -0.2) is 20.9 Å². The van der Waals surface area contributed by atoms with Gasteiger partial charge in [-0.1, -0.05) is 0 Å². The molecule has 0 aliphatic carbocycles. The number of aromatic nitrogens is 3. The largest absolute Gasteiger partial charge is 0.367 e. The van der Waals surface area contributed by atoms with E-state index >= 15 is 0 Å². The number of rotatable bonds is 3. The lowest BCUT2D eigenvalue weighted by Crippen LogP contribution is -2.11. The second-order valence-corrected chi connectivity index (χ2v) is 3.37. The first-order valence-corrected chi connectivity index (χ1v) is 4.71. The fourth-order valence-corrected chi connectivity index (χ4v) is 1.28. The summed E-state index contributed by atoms with van der Waals surface area (Å²) in [7, 11) is 0. The standard InChI is InChI=1S/C10H11N5/c1-8(4-11)5-14-10-9-6-12-7-15(9)3-2-13-10/h2-3,6-8H,5H2,1H3,(H,13,14). The van der Waals surface area contributed by atoms with Gasteiger partial charge >= 0.3 is 0 Å². The van der Waals surface area contributed by atoms with Crippen molar-refractivity contribution in [2.45, 2.75) is 6.92 Å². The molecule has 5 nitrogen and oxygen atoms in total. The van der Waals surface area contributed by atoms with Crippen LogP contribution >= 0.6 is 0 Å². The molecule has 0 fully saturated rings. The van der Waals surface area contributed by atoms with Crippen molar-refractivity contribution in [1.82, 2.24) is 14.4 Å². The van der Waals surface area contributed by atoms with E-state index in [4.69, 9.17) is 5.26 Å². The Hall–Kier alpha value is -2.09. The van der Waals surface area contributed by atoms with Gasteiger partial charge in [-0.2, -0.15) is 5.26 Å². The van der Waals surface area contributed by atoms with Gasteiger partial charge in [-0.3, -0.25) is 0 Å². The van der Waals surface area contributed by atoms with Crippen LogP contribution in [-0.2, 0) is 0 Å². The average Bonchev–Trinajstić information content (AvgIpc) is 2.74. The van der Waals surface area contributed by atoms with Crippen molar-refractivity contribution in [1.29, 1.82) is 5.26 Å². The van der Waals surface area contributed by atoms with Gasteiger partial charge in [-0.15, -0.1) is 0 Å². The van der Waals surface area contributed by atoms with Gasteiger partial charge in [0.15, 0.2) is 5.82 Å². The maximum Gasteiger partial charge on any atom is 0.152 e. The molecule has 2 aromatic rings. The molecule has 76 valence electrons. The van der Waals surface area contributed by atoms with E-state index in [9.17, 15) is 0 Å². The predicted molar refractivity (Wildman–Crippen MR) is 56.3 cm³/mol. The smallest absolute Gasteiger partial charge is 0.152 e. The Morgan fingerprint density at radius 3 is 3.33 bits per heavy atom. The summed E-state index contributed by atoms with van der Waals surface area (Å²) in [4.78, 5) is 8.23. The van der Waals surface area contributed by atoms with Crippen molar-refractivity contribution in [3.63, 3.8) is 0 Å². The molecule has 0 saturated heterocycles. The minimum absolute atomic E-state index is 0.0324. The molecule has 0 saturated carbocycles. The Bertz CT molecular complexity index is 496. The molecular weight excluding hydrogens is 190 g/mol. The van der Waals surface area contributed by atoms with Crippen molar-refractivity contribution in [3.05, 3.63) is 24.9 Å². The summed E-state index contributed by atoms with van der Waals surface area (Å²) in [6, 6.07) is 2.16. The van der Waals surface area contributed by atoms with Gasteiger partial charge < -0.3 is 9.72 Å². The summed E-state index contributed by atoms with van der Waals surface area (Å²) in [5, 5.41) is 11.8. The Kier molecular flexibility index (Phi) is 2.50. The highest BCUT2D eigenvalue weighted by molar-refractivity contribution is 5.66. The SMILES string of the molecule is CC(C#N)CNc1nccn2cncc12. The molecule has 0 spiro atoms. The molecular formula is C10H11N5. The number of imidazole rings is 1. The predicted octanol–water partition coefficient (Wildman–Crippen LogP) is 1.30. The average molecular weight is 201 g/mol. The number of hydrogen-bond donors (Lipinski definition) is 1. The van der Waals surface area contributed by atoms with Gasteiger partial charge in [0.2, 0.25) is 0 Å². The summed E-state index contributed by atoms with van der Waals surface area (Å²) >= 11 is 0.